The van der Waals surface area contributed by atoms with E-state index < -0.39 is 6.17 Å². The quantitative estimate of drug-likeness (QED) is 0.614. The van der Waals surface area contributed by atoms with Crippen LogP contribution >= 0.6 is 0 Å². The molecule has 4 nitrogen and oxygen atoms in total. The number of nitrogens with zero attached hydrogens (tertiary/aromatic N) is 2. The van der Waals surface area contributed by atoms with Crippen LogP contribution in [0.2, 0.25) is 0 Å². The van der Waals surface area contributed by atoms with Gasteiger partial charge in [-0.3, -0.25) is 0 Å². The molecule has 0 unspecified atom stereocenters. The first-order chi connectivity index (χ1) is 9.33. The summed E-state index contributed by atoms with van der Waals surface area (Å²) in [4.78, 5) is 28.8. The van der Waals surface area contributed by atoms with Crippen molar-refractivity contribution in [1.82, 2.24) is 0 Å². The molecule has 0 aromatic heterocycles. The second-order valence-corrected chi connectivity index (χ2v) is 4.90. The molecule has 0 amide bonds. The molecule has 1 aromatic rings. The lowest BCUT2D eigenvalue weighted by Crippen LogP contribution is -2.39. The summed E-state index contributed by atoms with van der Waals surface area (Å²) in [5, 5.41) is 0. The molecule has 0 saturated heterocycles. The summed E-state index contributed by atoms with van der Waals surface area (Å²) in [6.45, 7) is 0. The van der Waals surface area contributed by atoms with E-state index in [4.69, 9.17) is 0 Å². The Kier molecular flexibility index (Phi) is 4.40. The van der Waals surface area contributed by atoms with Crippen molar-refractivity contribution >= 4 is 12.2 Å². The number of hydrogen-bond donors (Lipinski definition) is 0. The summed E-state index contributed by atoms with van der Waals surface area (Å²) < 4.78 is 0. The monoisotopic (exact) mass is 256 g/mol. The second-order valence-electron chi connectivity index (χ2n) is 4.90. The van der Waals surface area contributed by atoms with Gasteiger partial charge in [-0.15, -0.1) is 0 Å². The molecule has 1 aromatic carbocycles. The zero-order valence-electron chi connectivity index (χ0n) is 10.7. The van der Waals surface area contributed by atoms with Gasteiger partial charge < -0.3 is 0 Å². The number of hydrogen-bond acceptors (Lipinski definition) is 4. The number of carbonyl (C=O) groups excluding carboxylic acids is 2. The predicted molar refractivity (Wildman–Crippen MR) is 71.2 cm³/mol. The lowest BCUT2D eigenvalue weighted by atomic mass is 9.67. The fourth-order valence-electron chi connectivity index (χ4n) is 3.02. The minimum absolute atomic E-state index is 0.367. The third-order valence-electron chi connectivity index (χ3n) is 3.94. The topological polar surface area (TPSA) is 58.9 Å². The van der Waals surface area contributed by atoms with Crippen molar-refractivity contribution in [1.29, 1.82) is 0 Å². The average molecular weight is 256 g/mol. The van der Waals surface area contributed by atoms with Crippen LogP contribution in [0.5, 0.6) is 0 Å². The van der Waals surface area contributed by atoms with Crippen molar-refractivity contribution < 1.29 is 9.59 Å². The lowest BCUT2D eigenvalue weighted by Gasteiger charge is -2.39. The fourth-order valence-corrected chi connectivity index (χ4v) is 3.02. The molecule has 4 heteroatoms. The standard InChI is InChI=1S/C15H16N2O2/c18-11-16-14(17-12-19)15(9-5-2-6-10-15)13-7-3-1-4-8-13/h1,3-4,7-8,14H,2,5-6,9-10H2. The third-order valence-corrected chi connectivity index (χ3v) is 3.94. The Bertz CT molecular complexity index is 490. The maximum atomic E-state index is 10.6. The lowest BCUT2D eigenvalue weighted by molar-refractivity contribution is 0.247. The molecule has 1 fully saturated rings. The normalized spacial score (nSPS) is 18.7. The van der Waals surface area contributed by atoms with Crippen LogP contribution in [0.15, 0.2) is 40.3 Å². The maximum Gasteiger partial charge on any atom is 0.237 e. The van der Waals surface area contributed by atoms with Gasteiger partial charge in [-0.2, -0.15) is 9.98 Å². The molecule has 1 aliphatic carbocycles. The van der Waals surface area contributed by atoms with Gasteiger partial charge in [0.05, 0.1) is 0 Å². The second kappa shape index (κ2) is 6.24. The van der Waals surface area contributed by atoms with Crippen molar-refractivity contribution in [2.45, 2.75) is 43.7 Å². The molecular formula is C15H16N2O2. The summed E-state index contributed by atoms with van der Waals surface area (Å²) in [6.07, 6.45) is 7.40. The molecule has 98 valence electrons. The molecule has 0 radical (unpaired) electrons. The summed E-state index contributed by atoms with van der Waals surface area (Å²) in [7, 11) is 0. The highest BCUT2D eigenvalue weighted by molar-refractivity contribution is 5.40. The highest BCUT2D eigenvalue weighted by Gasteiger charge is 2.41. The van der Waals surface area contributed by atoms with Crippen LogP contribution in [0.1, 0.15) is 37.7 Å². The fraction of sp³-hybridized carbons (Fsp3) is 0.467. The highest BCUT2D eigenvalue weighted by Crippen LogP contribution is 2.43. The molecule has 0 aliphatic heterocycles. The van der Waals surface area contributed by atoms with Crippen molar-refractivity contribution in [3.05, 3.63) is 35.9 Å². The van der Waals surface area contributed by atoms with Gasteiger partial charge in [-0.1, -0.05) is 49.6 Å². The van der Waals surface area contributed by atoms with Crippen LogP contribution in [0.25, 0.3) is 0 Å². The Hall–Kier alpha value is -2.02. The molecule has 0 bridgehead atoms. The van der Waals surface area contributed by atoms with Crippen LogP contribution in [0.4, 0.5) is 0 Å². The zero-order valence-corrected chi connectivity index (χ0v) is 10.7. The van der Waals surface area contributed by atoms with Crippen LogP contribution in [0.3, 0.4) is 0 Å². The third kappa shape index (κ3) is 2.70. The number of rotatable bonds is 4. The molecular weight excluding hydrogens is 240 g/mol. The first-order valence-corrected chi connectivity index (χ1v) is 6.53. The SMILES string of the molecule is O=C=NC(N=C=O)C1(c2ccccc2)CCCCC1. The molecule has 0 N–H and O–H groups in total. The zero-order chi connectivity index (χ0) is 13.6. The van der Waals surface area contributed by atoms with Gasteiger partial charge in [0.25, 0.3) is 0 Å². The minimum Gasteiger partial charge on any atom is -0.211 e. The molecule has 1 aliphatic rings. The number of benzene rings is 1. The van der Waals surface area contributed by atoms with Gasteiger partial charge in [-0.05, 0) is 18.4 Å². The van der Waals surface area contributed by atoms with Gasteiger partial charge in [0.2, 0.25) is 12.2 Å². The van der Waals surface area contributed by atoms with Gasteiger partial charge in [-0.25, -0.2) is 9.59 Å². The Morgan fingerprint density at radius 1 is 0.947 bits per heavy atom. The molecule has 0 spiro atoms. The van der Waals surface area contributed by atoms with E-state index in [1.165, 1.54) is 0 Å². The van der Waals surface area contributed by atoms with E-state index in [9.17, 15) is 9.59 Å². The maximum absolute atomic E-state index is 10.6. The van der Waals surface area contributed by atoms with E-state index in [1.807, 2.05) is 30.3 Å². The number of isocyanates is 2. The number of aliphatic imine (C=N–C) groups is 2. The van der Waals surface area contributed by atoms with Crippen molar-refractivity contribution in [3.63, 3.8) is 0 Å². The van der Waals surface area contributed by atoms with Gasteiger partial charge in [0.1, 0.15) is 0 Å². The highest BCUT2D eigenvalue weighted by atomic mass is 16.1. The Balaban J connectivity index is 2.49. The van der Waals surface area contributed by atoms with Crippen LogP contribution < -0.4 is 0 Å². The van der Waals surface area contributed by atoms with Crippen molar-refractivity contribution in [2.24, 2.45) is 9.98 Å². The van der Waals surface area contributed by atoms with E-state index >= 15 is 0 Å². The van der Waals surface area contributed by atoms with Crippen molar-refractivity contribution in [2.75, 3.05) is 0 Å². The summed E-state index contributed by atoms with van der Waals surface area (Å²) in [6, 6.07) is 9.88. The summed E-state index contributed by atoms with van der Waals surface area (Å²) in [5.41, 5.74) is 0.714. The van der Waals surface area contributed by atoms with E-state index in [2.05, 4.69) is 9.98 Å². The van der Waals surface area contributed by atoms with E-state index in [-0.39, 0.29) is 5.41 Å². The molecule has 19 heavy (non-hydrogen) atoms. The average Bonchev–Trinajstić information content (AvgIpc) is 2.49. The van der Waals surface area contributed by atoms with Gasteiger partial charge in [0, 0.05) is 5.41 Å². The summed E-state index contributed by atoms with van der Waals surface area (Å²) in [5.74, 6) is 0. The molecule has 0 heterocycles. The molecule has 1 saturated carbocycles. The Morgan fingerprint density at radius 3 is 2.05 bits per heavy atom. The Labute approximate surface area is 112 Å². The van der Waals surface area contributed by atoms with Crippen LogP contribution in [-0.4, -0.2) is 18.3 Å². The first-order valence-electron chi connectivity index (χ1n) is 6.53. The van der Waals surface area contributed by atoms with E-state index in [0.29, 0.717) is 0 Å². The van der Waals surface area contributed by atoms with Crippen molar-refractivity contribution in [3.8, 4) is 0 Å². The molecule has 0 atom stereocenters. The Morgan fingerprint density at radius 2 is 1.53 bits per heavy atom. The van der Waals surface area contributed by atoms with Crippen LogP contribution in [-0.2, 0) is 15.0 Å². The first kappa shape index (κ1) is 13.4. The van der Waals surface area contributed by atoms with Gasteiger partial charge >= 0.3 is 0 Å². The minimum atomic E-state index is -0.704. The smallest absolute Gasteiger partial charge is 0.211 e. The summed E-state index contributed by atoms with van der Waals surface area (Å²) >= 11 is 0. The van der Waals surface area contributed by atoms with Gasteiger partial charge in [0.15, 0.2) is 6.17 Å². The van der Waals surface area contributed by atoms with Crippen LogP contribution in [0, 0.1) is 0 Å². The van der Waals surface area contributed by atoms with E-state index in [1.54, 1.807) is 12.2 Å². The van der Waals surface area contributed by atoms with E-state index in [0.717, 1.165) is 37.7 Å². The predicted octanol–water partition coefficient (Wildman–Crippen LogP) is 2.89. The largest absolute Gasteiger partial charge is 0.237 e. The molecule has 2 rings (SSSR count).